The average molecular weight is 546 g/mol. The lowest BCUT2D eigenvalue weighted by molar-refractivity contribution is -0.0495. The molecular formula is C18H29F2IN4O3S. The standard InChI is InChI=1S/C18H28F2N4O3S.HI/c1-3-21-18(22-10-12-28(25,26)4-2)23-14-9-11-24(13-14)15-7-5-6-8-16(15)27-17(19)20;/h5-8,14,17H,3-4,9-13H2,1-2H3,(H2,21,22,23);1H. The Labute approximate surface area is 188 Å². The van der Waals surface area contributed by atoms with Gasteiger partial charge in [0.25, 0.3) is 0 Å². The maximum atomic E-state index is 12.6. The number of anilines is 1. The van der Waals surface area contributed by atoms with E-state index in [-0.39, 0.29) is 53.8 Å². The molecule has 0 aliphatic carbocycles. The number of benzene rings is 1. The Kier molecular flexibility index (Phi) is 10.9. The molecule has 1 saturated heterocycles. The van der Waals surface area contributed by atoms with Crippen LogP contribution in [-0.4, -0.2) is 64.7 Å². The molecule has 1 heterocycles. The van der Waals surface area contributed by atoms with E-state index in [0.29, 0.717) is 31.3 Å². The first-order valence-corrected chi connectivity index (χ1v) is 11.2. The molecule has 0 bridgehead atoms. The molecular weight excluding hydrogens is 517 g/mol. The second-order valence-electron chi connectivity index (χ2n) is 6.42. The minimum Gasteiger partial charge on any atom is -0.433 e. The van der Waals surface area contributed by atoms with Crippen LogP contribution in [0, 0.1) is 0 Å². The lowest BCUT2D eigenvalue weighted by Crippen LogP contribution is -2.44. The Balaban J connectivity index is 0.00000420. The average Bonchev–Trinajstić information content (AvgIpc) is 3.10. The predicted octanol–water partition coefficient (Wildman–Crippen LogP) is 2.47. The third-order valence-electron chi connectivity index (χ3n) is 4.41. The highest BCUT2D eigenvalue weighted by molar-refractivity contribution is 14.0. The van der Waals surface area contributed by atoms with Gasteiger partial charge in [-0.25, -0.2) is 8.42 Å². The van der Waals surface area contributed by atoms with Crippen LogP contribution in [-0.2, 0) is 9.84 Å². The lowest BCUT2D eigenvalue weighted by atomic mass is 10.2. The van der Waals surface area contributed by atoms with E-state index in [1.807, 2.05) is 11.8 Å². The van der Waals surface area contributed by atoms with Crippen LogP contribution in [0.15, 0.2) is 29.3 Å². The third kappa shape index (κ3) is 8.49. The van der Waals surface area contributed by atoms with Crippen LogP contribution >= 0.6 is 24.0 Å². The Hall–Kier alpha value is -1.37. The molecule has 1 fully saturated rings. The highest BCUT2D eigenvalue weighted by Crippen LogP contribution is 2.31. The maximum absolute atomic E-state index is 12.6. The molecule has 11 heteroatoms. The molecule has 1 unspecified atom stereocenters. The van der Waals surface area contributed by atoms with Crippen LogP contribution in [0.5, 0.6) is 5.75 Å². The first-order chi connectivity index (χ1) is 13.3. The van der Waals surface area contributed by atoms with E-state index in [9.17, 15) is 17.2 Å². The summed E-state index contributed by atoms with van der Waals surface area (Å²) in [5, 5.41) is 6.40. The molecule has 0 radical (unpaired) electrons. The number of halogens is 3. The molecule has 2 rings (SSSR count). The van der Waals surface area contributed by atoms with Crippen LogP contribution in [0.25, 0.3) is 0 Å². The monoisotopic (exact) mass is 546 g/mol. The number of para-hydroxylation sites is 2. The summed E-state index contributed by atoms with van der Waals surface area (Å²) >= 11 is 0. The largest absolute Gasteiger partial charge is 0.433 e. The van der Waals surface area contributed by atoms with E-state index in [1.54, 1.807) is 25.1 Å². The zero-order valence-electron chi connectivity index (χ0n) is 16.6. The number of nitrogens with one attached hydrogen (secondary N) is 2. The lowest BCUT2D eigenvalue weighted by Gasteiger charge is -2.22. The van der Waals surface area contributed by atoms with Crippen molar-refractivity contribution in [3.63, 3.8) is 0 Å². The number of rotatable bonds is 9. The number of nitrogens with zero attached hydrogens (tertiary/aromatic N) is 2. The Bertz CT molecular complexity index is 765. The quantitative estimate of drug-likeness (QED) is 0.282. The number of guanidine groups is 1. The summed E-state index contributed by atoms with van der Waals surface area (Å²) in [7, 11) is -3.06. The number of hydrogen-bond acceptors (Lipinski definition) is 5. The SMILES string of the molecule is CCNC(=NCCS(=O)(=O)CC)NC1CCN(c2ccccc2OC(F)F)C1.I. The number of hydrogen-bond donors (Lipinski definition) is 2. The van der Waals surface area contributed by atoms with Crippen molar-refractivity contribution in [2.24, 2.45) is 4.99 Å². The number of alkyl halides is 2. The Morgan fingerprint density at radius 3 is 2.72 bits per heavy atom. The van der Waals surface area contributed by atoms with E-state index < -0.39 is 16.4 Å². The van der Waals surface area contributed by atoms with Crippen molar-refractivity contribution in [3.8, 4) is 5.75 Å². The summed E-state index contributed by atoms with van der Waals surface area (Å²) in [6.45, 7) is 2.79. The zero-order valence-corrected chi connectivity index (χ0v) is 19.8. The third-order valence-corrected chi connectivity index (χ3v) is 6.09. The number of sulfone groups is 1. The van der Waals surface area contributed by atoms with Gasteiger partial charge in [0.15, 0.2) is 15.8 Å². The molecule has 0 amide bonds. The summed E-state index contributed by atoms with van der Waals surface area (Å²) in [6, 6.07) is 6.79. The second kappa shape index (κ2) is 12.4. The van der Waals surface area contributed by atoms with Gasteiger partial charge in [-0.3, -0.25) is 4.99 Å². The van der Waals surface area contributed by atoms with Crippen LogP contribution in [0.1, 0.15) is 20.3 Å². The van der Waals surface area contributed by atoms with Gasteiger partial charge in [-0.05, 0) is 25.5 Å². The molecule has 1 aliphatic rings. The van der Waals surface area contributed by atoms with Crippen molar-refractivity contribution in [2.45, 2.75) is 32.9 Å². The van der Waals surface area contributed by atoms with E-state index >= 15 is 0 Å². The highest BCUT2D eigenvalue weighted by Gasteiger charge is 2.26. The van der Waals surface area contributed by atoms with Crippen molar-refractivity contribution < 1.29 is 21.9 Å². The van der Waals surface area contributed by atoms with Crippen molar-refractivity contribution in [2.75, 3.05) is 42.6 Å². The van der Waals surface area contributed by atoms with Crippen molar-refractivity contribution in [3.05, 3.63) is 24.3 Å². The summed E-state index contributed by atoms with van der Waals surface area (Å²) < 4.78 is 53.1. The van der Waals surface area contributed by atoms with E-state index in [4.69, 9.17) is 0 Å². The fraction of sp³-hybridized carbons (Fsp3) is 0.611. The molecule has 0 spiro atoms. The molecule has 0 aromatic heterocycles. The molecule has 1 aliphatic heterocycles. The van der Waals surface area contributed by atoms with Gasteiger partial charge in [-0.1, -0.05) is 19.1 Å². The summed E-state index contributed by atoms with van der Waals surface area (Å²) in [5.41, 5.74) is 0.628. The summed E-state index contributed by atoms with van der Waals surface area (Å²) in [5.74, 6) is 0.820. The minimum absolute atomic E-state index is 0. The fourth-order valence-corrected chi connectivity index (χ4v) is 3.62. The fourth-order valence-electron chi connectivity index (χ4n) is 2.97. The van der Waals surface area contributed by atoms with Gasteiger partial charge in [-0.15, -0.1) is 24.0 Å². The zero-order chi connectivity index (χ0) is 20.6. The first kappa shape index (κ1) is 25.7. The normalized spacial score (nSPS) is 17.2. The molecule has 1 atom stereocenters. The van der Waals surface area contributed by atoms with Crippen molar-refractivity contribution in [1.29, 1.82) is 0 Å². The van der Waals surface area contributed by atoms with Gasteiger partial charge in [0, 0.05) is 31.4 Å². The smallest absolute Gasteiger partial charge is 0.387 e. The molecule has 1 aromatic carbocycles. The van der Waals surface area contributed by atoms with E-state index in [1.165, 1.54) is 6.07 Å². The first-order valence-electron chi connectivity index (χ1n) is 9.38. The molecule has 29 heavy (non-hydrogen) atoms. The highest BCUT2D eigenvalue weighted by atomic mass is 127. The van der Waals surface area contributed by atoms with Crippen LogP contribution in [0.4, 0.5) is 14.5 Å². The van der Waals surface area contributed by atoms with Crippen LogP contribution < -0.4 is 20.3 Å². The van der Waals surface area contributed by atoms with Crippen molar-refractivity contribution in [1.82, 2.24) is 10.6 Å². The predicted molar refractivity (Wildman–Crippen MR) is 123 cm³/mol. The molecule has 1 aromatic rings. The molecule has 7 nitrogen and oxygen atoms in total. The summed E-state index contributed by atoms with van der Waals surface area (Å²) in [4.78, 5) is 6.32. The number of aliphatic imine (C=N–C) groups is 1. The van der Waals surface area contributed by atoms with E-state index in [0.717, 1.165) is 6.42 Å². The van der Waals surface area contributed by atoms with Crippen LogP contribution in [0.2, 0.25) is 0 Å². The van der Waals surface area contributed by atoms with E-state index in [2.05, 4.69) is 20.4 Å². The van der Waals surface area contributed by atoms with Gasteiger partial charge in [0.1, 0.15) is 5.75 Å². The second-order valence-corrected chi connectivity index (χ2v) is 8.89. The van der Waals surface area contributed by atoms with Gasteiger partial charge < -0.3 is 20.3 Å². The van der Waals surface area contributed by atoms with Gasteiger partial charge in [0.2, 0.25) is 0 Å². The number of ether oxygens (including phenoxy) is 1. The van der Waals surface area contributed by atoms with Crippen LogP contribution in [0.3, 0.4) is 0 Å². The molecule has 0 saturated carbocycles. The minimum atomic E-state index is -3.06. The Morgan fingerprint density at radius 1 is 1.34 bits per heavy atom. The van der Waals surface area contributed by atoms with Crippen molar-refractivity contribution >= 4 is 45.5 Å². The molecule has 166 valence electrons. The Morgan fingerprint density at radius 2 is 2.07 bits per heavy atom. The topological polar surface area (TPSA) is 83.0 Å². The summed E-state index contributed by atoms with van der Waals surface area (Å²) in [6.07, 6.45) is 0.792. The van der Waals surface area contributed by atoms with Gasteiger partial charge in [0.05, 0.1) is 18.0 Å². The van der Waals surface area contributed by atoms with Gasteiger partial charge in [-0.2, -0.15) is 8.78 Å². The molecule has 2 N–H and O–H groups in total. The maximum Gasteiger partial charge on any atom is 0.387 e. The van der Waals surface area contributed by atoms with Gasteiger partial charge >= 0.3 is 6.61 Å².